The molecule has 6 rings (SSSR count). The number of aromatic nitrogens is 3. The van der Waals surface area contributed by atoms with Crippen LogP contribution in [0.5, 0.6) is 0 Å². The zero-order valence-electron chi connectivity index (χ0n) is 15.6. The van der Waals surface area contributed by atoms with Gasteiger partial charge in [0.15, 0.2) is 0 Å². The van der Waals surface area contributed by atoms with Crippen LogP contribution in [0.25, 0.3) is 44.5 Å². The fraction of sp³-hybridized carbons (Fsp3) is 0.250. The van der Waals surface area contributed by atoms with Crippen LogP contribution in [-0.2, 0) is 0 Å². The number of imidazole rings is 1. The average Bonchev–Trinajstić information content (AvgIpc) is 3.35. The van der Waals surface area contributed by atoms with Gasteiger partial charge >= 0.3 is 0 Å². The lowest BCUT2D eigenvalue weighted by Gasteiger charge is -2.20. The summed E-state index contributed by atoms with van der Waals surface area (Å²) in [5, 5.41) is 2.17. The molecular formula is C24H21N3O. The molecule has 1 aliphatic carbocycles. The quantitative estimate of drug-likeness (QED) is 0.384. The van der Waals surface area contributed by atoms with Crippen molar-refractivity contribution in [3.63, 3.8) is 0 Å². The lowest BCUT2D eigenvalue weighted by Crippen LogP contribution is -2.06. The summed E-state index contributed by atoms with van der Waals surface area (Å²) in [6.07, 6.45) is 6.44. The van der Waals surface area contributed by atoms with Gasteiger partial charge in [-0.3, -0.25) is 0 Å². The van der Waals surface area contributed by atoms with E-state index in [0.717, 1.165) is 44.5 Å². The van der Waals surface area contributed by atoms with Gasteiger partial charge in [-0.2, -0.15) is 0 Å². The lowest BCUT2D eigenvalue weighted by molar-refractivity contribution is 0.436. The highest BCUT2D eigenvalue weighted by molar-refractivity contribution is 6.08. The molecule has 2 aromatic carbocycles. The van der Waals surface area contributed by atoms with E-state index in [1.807, 2.05) is 24.3 Å². The Kier molecular flexibility index (Phi) is 3.51. The molecule has 4 nitrogen and oxygen atoms in total. The third-order valence-electron chi connectivity index (χ3n) is 6.05. The molecule has 4 heteroatoms. The van der Waals surface area contributed by atoms with E-state index in [2.05, 4.69) is 35.3 Å². The minimum absolute atomic E-state index is 0.571. The predicted molar refractivity (Wildman–Crippen MR) is 112 cm³/mol. The molecule has 28 heavy (non-hydrogen) atoms. The number of hydrogen-bond acceptors (Lipinski definition) is 3. The number of nitrogens with zero attached hydrogens (tertiary/aromatic N) is 2. The standard InChI is InChI=1S/C24H21N3O/c1-2-7-15(8-3-1)19-14-13-17-16-9-6-10-18(22(16)28-24(17)27-19)23-25-20-11-4-5-12-21(20)26-23/h4-6,9-15H,1-3,7-8H2,(H,25,26). The molecule has 138 valence electrons. The van der Waals surface area contributed by atoms with Gasteiger partial charge < -0.3 is 9.40 Å². The first-order valence-electron chi connectivity index (χ1n) is 10.1. The van der Waals surface area contributed by atoms with Crippen molar-refractivity contribution < 1.29 is 4.42 Å². The third-order valence-corrected chi connectivity index (χ3v) is 6.05. The number of benzene rings is 2. The Balaban J connectivity index is 1.52. The predicted octanol–water partition coefficient (Wildman–Crippen LogP) is 6.57. The van der Waals surface area contributed by atoms with E-state index in [0.29, 0.717) is 5.92 Å². The van der Waals surface area contributed by atoms with E-state index in [1.54, 1.807) is 0 Å². The summed E-state index contributed by atoms with van der Waals surface area (Å²) in [5.41, 5.74) is 5.74. The SMILES string of the molecule is c1ccc2[nH]c(-c3cccc4c3oc3nc(C5CCCCC5)ccc34)nc2c1. The van der Waals surface area contributed by atoms with Gasteiger partial charge in [-0.25, -0.2) is 9.97 Å². The molecule has 1 N–H and O–H groups in total. The molecule has 1 saturated carbocycles. The van der Waals surface area contributed by atoms with E-state index in [1.165, 1.54) is 37.8 Å². The van der Waals surface area contributed by atoms with E-state index >= 15 is 0 Å². The summed E-state index contributed by atoms with van der Waals surface area (Å²) in [6.45, 7) is 0. The summed E-state index contributed by atoms with van der Waals surface area (Å²) < 4.78 is 6.29. The Hall–Kier alpha value is -3.14. The molecule has 0 radical (unpaired) electrons. The molecule has 3 aromatic heterocycles. The van der Waals surface area contributed by atoms with Gasteiger partial charge in [0.2, 0.25) is 5.71 Å². The van der Waals surface area contributed by atoms with Crippen molar-refractivity contribution in [2.24, 2.45) is 0 Å². The van der Waals surface area contributed by atoms with Crippen molar-refractivity contribution in [3.05, 3.63) is 60.3 Å². The van der Waals surface area contributed by atoms with Crippen molar-refractivity contribution in [1.29, 1.82) is 0 Å². The molecule has 0 spiro atoms. The zero-order valence-corrected chi connectivity index (χ0v) is 15.6. The van der Waals surface area contributed by atoms with E-state index in [9.17, 15) is 0 Å². The summed E-state index contributed by atoms with van der Waals surface area (Å²) in [7, 11) is 0. The zero-order chi connectivity index (χ0) is 18.5. The first kappa shape index (κ1) is 15.9. The Labute approximate surface area is 162 Å². The number of para-hydroxylation sites is 3. The highest BCUT2D eigenvalue weighted by Gasteiger charge is 2.20. The molecule has 0 unspecified atom stereocenters. The highest BCUT2D eigenvalue weighted by atomic mass is 16.3. The van der Waals surface area contributed by atoms with E-state index in [4.69, 9.17) is 14.4 Å². The Morgan fingerprint density at radius 2 is 1.71 bits per heavy atom. The highest BCUT2D eigenvalue weighted by Crippen LogP contribution is 2.37. The molecule has 0 amide bonds. The topological polar surface area (TPSA) is 54.7 Å². The van der Waals surface area contributed by atoms with Crippen LogP contribution < -0.4 is 0 Å². The van der Waals surface area contributed by atoms with Crippen LogP contribution >= 0.6 is 0 Å². The number of aromatic amines is 1. The summed E-state index contributed by atoms with van der Waals surface area (Å²) in [6, 6.07) is 18.7. The molecule has 0 bridgehead atoms. The van der Waals surface area contributed by atoms with Crippen molar-refractivity contribution >= 4 is 33.1 Å². The Morgan fingerprint density at radius 3 is 2.61 bits per heavy atom. The monoisotopic (exact) mass is 367 g/mol. The number of nitrogens with one attached hydrogen (secondary N) is 1. The van der Waals surface area contributed by atoms with E-state index < -0.39 is 0 Å². The minimum Gasteiger partial charge on any atom is -0.437 e. The fourth-order valence-corrected chi connectivity index (χ4v) is 4.59. The maximum Gasteiger partial charge on any atom is 0.227 e. The second kappa shape index (κ2) is 6.20. The summed E-state index contributed by atoms with van der Waals surface area (Å²) in [5.74, 6) is 1.40. The lowest BCUT2D eigenvalue weighted by atomic mass is 9.86. The van der Waals surface area contributed by atoms with Crippen LogP contribution in [0, 0.1) is 0 Å². The van der Waals surface area contributed by atoms with E-state index in [-0.39, 0.29) is 0 Å². The molecule has 0 saturated heterocycles. The van der Waals surface area contributed by atoms with Crippen molar-refractivity contribution in [2.75, 3.05) is 0 Å². The minimum atomic E-state index is 0.571. The molecule has 1 aliphatic rings. The van der Waals surface area contributed by atoms with Crippen molar-refractivity contribution in [1.82, 2.24) is 15.0 Å². The molecule has 3 heterocycles. The van der Waals surface area contributed by atoms with Gasteiger partial charge in [0, 0.05) is 22.4 Å². The molecule has 0 atom stereocenters. The number of rotatable bonds is 2. The van der Waals surface area contributed by atoms with Crippen LogP contribution in [0.2, 0.25) is 0 Å². The van der Waals surface area contributed by atoms with Gasteiger partial charge in [-0.1, -0.05) is 43.5 Å². The molecule has 5 aromatic rings. The van der Waals surface area contributed by atoms with Crippen molar-refractivity contribution in [2.45, 2.75) is 38.0 Å². The second-order valence-electron chi connectivity index (χ2n) is 7.81. The summed E-state index contributed by atoms with van der Waals surface area (Å²) >= 11 is 0. The maximum absolute atomic E-state index is 6.29. The fourth-order valence-electron chi connectivity index (χ4n) is 4.59. The Bertz CT molecular complexity index is 1270. The Morgan fingerprint density at radius 1 is 0.821 bits per heavy atom. The number of hydrogen-bond donors (Lipinski definition) is 1. The number of H-pyrrole nitrogens is 1. The second-order valence-corrected chi connectivity index (χ2v) is 7.81. The first-order chi connectivity index (χ1) is 13.9. The van der Waals surface area contributed by atoms with Gasteiger partial charge in [-0.05, 0) is 43.2 Å². The average molecular weight is 367 g/mol. The summed E-state index contributed by atoms with van der Waals surface area (Å²) in [4.78, 5) is 13.1. The van der Waals surface area contributed by atoms with Crippen molar-refractivity contribution in [3.8, 4) is 11.4 Å². The van der Waals surface area contributed by atoms with Crippen LogP contribution in [0.3, 0.4) is 0 Å². The van der Waals surface area contributed by atoms with Gasteiger partial charge in [0.05, 0.1) is 16.6 Å². The third kappa shape index (κ3) is 2.44. The van der Waals surface area contributed by atoms with Gasteiger partial charge in [-0.15, -0.1) is 0 Å². The number of fused-ring (bicyclic) bond motifs is 4. The molecular weight excluding hydrogens is 346 g/mol. The molecule has 1 fully saturated rings. The van der Waals surface area contributed by atoms with Crippen LogP contribution in [0.4, 0.5) is 0 Å². The number of furan rings is 1. The smallest absolute Gasteiger partial charge is 0.227 e. The molecule has 0 aliphatic heterocycles. The normalized spacial score (nSPS) is 15.7. The van der Waals surface area contributed by atoms with Gasteiger partial charge in [0.25, 0.3) is 0 Å². The van der Waals surface area contributed by atoms with Crippen LogP contribution in [-0.4, -0.2) is 15.0 Å². The number of pyridine rings is 1. The van der Waals surface area contributed by atoms with Gasteiger partial charge in [0.1, 0.15) is 11.4 Å². The van der Waals surface area contributed by atoms with Crippen LogP contribution in [0.15, 0.2) is 59.0 Å². The first-order valence-corrected chi connectivity index (χ1v) is 10.1. The van der Waals surface area contributed by atoms with Crippen LogP contribution in [0.1, 0.15) is 43.7 Å². The maximum atomic E-state index is 6.29. The largest absolute Gasteiger partial charge is 0.437 e.